The normalized spacial score (nSPS) is 11.0. The molecular formula is C23H22Cl2N4OS. The number of fused-ring (bicyclic) bond motifs is 1. The van der Waals surface area contributed by atoms with Gasteiger partial charge in [-0.15, -0.1) is 12.4 Å². The van der Waals surface area contributed by atoms with E-state index in [9.17, 15) is 4.79 Å². The maximum absolute atomic E-state index is 13.1. The van der Waals surface area contributed by atoms with Crippen LogP contribution >= 0.6 is 35.3 Å². The van der Waals surface area contributed by atoms with Crippen LogP contribution in [-0.4, -0.2) is 27.0 Å². The molecule has 0 unspecified atom stereocenters. The maximum Gasteiger partial charge on any atom is 0.252 e. The van der Waals surface area contributed by atoms with Crippen molar-refractivity contribution in [1.82, 2.24) is 14.5 Å². The van der Waals surface area contributed by atoms with Crippen LogP contribution in [0.1, 0.15) is 17.5 Å². The third kappa shape index (κ3) is 5.53. The SMILES string of the molecule is Cc1c(Cl)ccc2sc(N(CCCn3ccnc3)C(=O)/C=C/c3ccccc3)nc12.Cl. The average molecular weight is 473 g/mol. The highest BCUT2D eigenvalue weighted by Gasteiger charge is 2.19. The van der Waals surface area contributed by atoms with E-state index in [-0.39, 0.29) is 18.3 Å². The highest BCUT2D eigenvalue weighted by molar-refractivity contribution is 7.22. The maximum atomic E-state index is 13.1. The number of hydrogen-bond donors (Lipinski definition) is 0. The van der Waals surface area contributed by atoms with E-state index in [1.54, 1.807) is 23.5 Å². The van der Waals surface area contributed by atoms with E-state index < -0.39 is 0 Å². The van der Waals surface area contributed by atoms with Gasteiger partial charge in [0.1, 0.15) is 0 Å². The lowest BCUT2D eigenvalue weighted by Crippen LogP contribution is -2.30. The van der Waals surface area contributed by atoms with Crippen LogP contribution in [0.4, 0.5) is 5.13 Å². The summed E-state index contributed by atoms with van der Waals surface area (Å²) >= 11 is 7.77. The number of aryl methyl sites for hydroxylation is 2. The molecular weight excluding hydrogens is 451 g/mol. The number of carbonyl (C=O) groups excluding carboxylic acids is 1. The zero-order valence-corrected chi connectivity index (χ0v) is 19.3. The number of halogens is 2. The Bertz CT molecular complexity index is 1170. The molecule has 5 nitrogen and oxygen atoms in total. The first kappa shape index (κ1) is 23.0. The van der Waals surface area contributed by atoms with Crippen molar-refractivity contribution in [2.24, 2.45) is 0 Å². The molecule has 8 heteroatoms. The molecule has 1 amide bonds. The van der Waals surface area contributed by atoms with Gasteiger partial charge in [0.05, 0.1) is 16.5 Å². The van der Waals surface area contributed by atoms with Gasteiger partial charge >= 0.3 is 0 Å². The van der Waals surface area contributed by atoms with Crippen molar-refractivity contribution in [3.63, 3.8) is 0 Å². The van der Waals surface area contributed by atoms with Crippen molar-refractivity contribution in [2.75, 3.05) is 11.4 Å². The zero-order valence-electron chi connectivity index (χ0n) is 16.9. The molecule has 0 saturated heterocycles. The third-order valence-electron chi connectivity index (χ3n) is 4.81. The van der Waals surface area contributed by atoms with Crippen molar-refractivity contribution in [1.29, 1.82) is 0 Å². The van der Waals surface area contributed by atoms with Crippen LogP contribution < -0.4 is 4.90 Å². The van der Waals surface area contributed by atoms with E-state index in [1.807, 2.05) is 66.2 Å². The van der Waals surface area contributed by atoms with Crippen LogP contribution in [0, 0.1) is 6.92 Å². The lowest BCUT2D eigenvalue weighted by Gasteiger charge is -2.18. The van der Waals surface area contributed by atoms with E-state index in [4.69, 9.17) is 16.6 Å². The minimum Gasteiger partial charge on any atom is -0.337 e. The number of aromatic nitrogens is 3. The Kier molecular flexibility index (Phi) is 7.85. The Labute approximate surface area is 196 Å². The topological polar surface area (TPSA) is 51.0 Å². The minimum atomic E-state index is -0.0905. The predicted octanol–water partition coefficient (Wildman–Crippen LogP) is 6.01. The number of imidazole rings is 1. The fourth-order valence-corrected chi connectivity index (χ4v) is 4.37. The third-order valence-corrected chi connectivity index (χ3v) is 6.26. The summed E-state index contributed by atoms with van der Waals surface area (Å²) in [5.74, 6) is -0.0905. The van der Waals surface area contributed by atoms with Gasteiger partial charge in [-0.25, -0.2) is 9.97 Å². The molecule has 0 saturated carbocycles. The van der Waals surface area contributed by atoms with Crippen molar-refractivity contribution in [2.45, 2.75) is 19.9 Å². The van der Waals surface area contributed by atoms with Gasteiger partial charge in [-0.3, -0.25) is 9.69 Å². The molecule has 0 aliphatic rings. The molecule has 4 rings (SSSR count). The monoisotopic (exact) mass is 472 g/mol. The van der Waals surface area contributed by atoms with E-state index >= 15 is 0 Å². The first-order valence-corrected chi connectivity index (χ1v) is 10.9. The second-order valence-electron chi connectivity index (χ2n) is 6.90. The predicted molar refractivity (Wildman–Crippen MR) is 131 cm³/mol. The highest BCUT2D eigenvalue weighted by Crippen LogP contribution is 2.33. The van der Waals surface area contributed by atoms with Gasteiger partial charge in [-0.1, -0.05) is 53.3 Å². The van der Waals surface area contributed by atoms with Gasteiger partial charge in [-0.2, -0.15) is 0 Å². The lowest BCUT2D eigenvalue weighted by atomic mass is 10.2. The van der Waals surface area contributed by atoms with Gasteiger partial charge < -0.3 is 4.57 Å². The molecule has 0 radical (unpaired) electrons. The smallest absolute Gasteiger partial charge is 0.252 e. The summed E-state index contributed by atoms with van der Waals surface area (Å²) in [4.78, 5) is 23.7. The fraction of sp³-hybridized carbons (Fsp3) is 0.174. The van der Waals surface area contributed by atoms with Crippen LogP contribution in [0.25, 0.3) is 16.3 Å². The Hall–Kier alpha value is -2.67. The zero-order chi connectivity index (χ0) is 20.9. The Morgan fingerprint density at radius 3 is 2.77 bits per heavy atom. The van der Waals surface area contributed by atoms with Gasteiger partial charge in [0.25, 0.3) is 5.91 Å². The van der Waals surface area contributed by atoms with E-state index in [1.165, 1.54) is 11.3 Å². The second-order valence-corrected chi connectivity index (χ2v) is 8.32. The number of hydrogen-bond acceptors (Lipinski definition) is 4. The number of amides is 1. The van der Waals surface area contributed by atoms with Crippen LogP contribution in [0.3, 0.4) is 0 Å². The van der Waals surface area contributed by atoms with E-state index in [0.717, 1.165) is 34.3 Å². The number of carbonyl (C=O) groups is 1. The second kappa shape index (κ2) is 10.6. The molecule has 4 aromatic rings. The lowest BCUT2D eigenvalue weighted by molar-refractivity contribution is -0.114. The van der Waals surface area contributed by atoms with Gasteiger partial charge in [0, 0.05) is 36.6 Å². The molecule has 160 valence electrons. The Morgan fingerprint density at radius 1 is 1.23 bits per heavy atom. The molecule has 2 aromatic heterocycles. The van der Waals surface area contributed by atoms with Crippen LogP contribution in [0.15, 0.2) is 67.3 Å². The number of anilines is 1. The molecule has 0 atom stereocenters. The molecule has 0 N–H and O–H groups in total. The molecule has 0 aliphatic heterocycles. The largest absolute Gasteiger partial charge is 0.337 e. The quantitative estimate of drug-likeness (QED) is 0.309. The standard InChI is InChI=1S/C23H21ClN4OS.ClH/c1-17-19(24)9-10-20-22(17)26-23(30-20)28(14-5-13-27-15-12-25-16-27)21(29)11-8-18-6-3-2-4-7-18;/h2-4,6-12,15-16H,5,13-14H2,1H3;1H/b11-8+;. The van der Waals surface area contributed by atoms with E-state index in [2.05, 4.69) is 4.98 Å². The molecule has 0 spiro atoms. The van der Waals surface area contributed by atoms with Crippen molar-refractivity contribution < 1.29 is 4.79 Å². The molecule has 2 aromatic carbocycles. The average Bonchev–Trinajstić information content (AvgIpc) is 3.43. The van der Waals surface area contributed by atoms with Crippen LogP contribution in [0.2, 0.25) is 5.02 Å². The van der Waals surface area contributed by atoms with Crippen LogP contribution in [-0.2, 0) is 11.3 Å². The summed E-state index contributed by atoms with van der Waals surface area (Å²) in [6.07, 6.45) is 9.69. The molecule has 2 heterocycles. The summed E-state index contributed by atoms with van der Waals surface area (Å²) in [5.41, 5.74) is 2.76. The molecule has 31 heavy (non-hydrogen) atoms. The number of thiazole rings is 1. The summed E-state index contributed by atoms with van der Waals surface area (Å²) in [5, 5.41) is 1.37. The first-order valence-electron chi connectivity index (χ1n) is 9.68. The Morgan fingerprint density at radius 2 is 2.03 bits per heavy atom. The fourth-order valence-electron chi connectivity index (χ4n) is 3.16. The number of rotatable bonds is 7. The summed E-state index contributed by atoms with van der Waals surface area (Å²) < 4.78 is 3.02. The first-order chi connectivity index (χ1) is 14.6. The Balaban J connectivity index is 0.00000272. The van der Waals surface area contributed by atoms with E-state index in [0.29, 0.717) is 16.7 Å². The molecule has 0 bridgehead atoms. The summed E-state index contributed by atoms with van der Waals surface area (Å²) in [6.45, 7) is 3.29. The van der Waals surface area contributed by atoms with Crippen LogP contribution in [0.5, 0.6) is 0 Å². The number of benzene rings is 2. The number of nitrogens with zero attached hydrogens (tertiary/aromatic N) is 4. The summed E-state index contributed by atoms with van der Waals surface area (Å²) in [6, 6.07) is 13.6. The summed E-state index contributed by atoms with van der Waals surface area (Å²) in [7, 11) is 0. The van der Waals surface area contributed by atoms with Gasteiger partial charge in [0.15, 0.2) is 5.13 Å². The van der Waals surface area contributed by atoms with Gasteiger partial charge in [-0.05, 0) is 42.7 Å². The highest BCUT2D eigenvalue weighted by atomic mass is 35.5. The molecule has 0 aliphatic carbocycles. The van der Waals surface area contributed by atoms with Crippen molar-refractivity contribution >= 4 is 62.7 Å². The van der Waals surface area contributed by atoms with Crippen molar-refractivity contribution in [3.05, 3.63) is 83.4 Å². The van der Waals surface area contributed by atoms with Gasteiger partial charge in [0.2, 0.25) is 0 Å². The van der Waals surface area contributed by atoms with Crippen molar-refractivity contribution in [3.8, 4) is 0 Å². The minimum absolute atomic E-state index is 0. The molecule has 0 fully saturated rings.